The average Bonchev–Trinajstić information content (AvgIpc) is 2.94. The summed E-state index contributed by atoms with van der Waals surface area (Å²) in [6.07, 6.45) is 1.91. The molecule has 0 heterocycles. The van der Waals surface area contributed by atoms with Crippen molar-refractivity contribution in [2.24, 2.45) is 0 Å². The van der Waals surface area contributed by atoms with E-state index in [0.717, 1.165) is 30.0 Å². The zero-order chi connectivity index (χ0) is 25.5. The normalized spacial score (nSPS) is 10.4. The van der Waals surface area contributed by atoms with E-state index in [1.54, 1.807) is 0 Å². The van der Waals surface area contributed by atoms with Crippen LogP contribution in [-0.2, 0) is 11.2 Å². The van der Waals surface area contributed by atoms with Crippen LogP contribution in [0.5, 0.6) is 17.2 Å². The lowest BCUT2D eigenvalue weighted by molar-refractivity contribution is -0.114. The number of amides is 1. The van der Waals surface area contributed by atoms with Crippen molar-refractivity contribution >= 4 is 17.3 Å². The summed E-state index contributed by atoms with van der Waals surface area (Å²) >= 11 is 0. The Kier molecular flexibility index (Phi) is 9.83. The molecule has 4 aromatic carbocycles. The summed E-state index contributed by atoms with van der Waals surface area (Å²) in [5.41, 5.74) is 2.74. The number of rotatable bonds is 14. The number of hydrogen-bond acceptors (Lipinski definition) is 5. The van der Waals surface area contributed by atoms with Crippen molar-refractivity contribution in [3.63, 3.8) is 0 Å². The fraction of sp³-hybridized carbons (Fsp3) is 0.194. The molecule has 0 unspecified atom stereocenters. The van der Waals surface area contributed by atoms with Crippen LogP contribution in [0.15, 0.2) is 109 Å². The highest BCUT2D eigenvalue weighted by Gasteiger charge is 2.08. The van der Waals surface area contributed by atoms with E-state index in [9.17, 15) is 4.79 Å². The first kappa shape index (κ1) is 25.6. The Bertz CT molecular complexity index is 1230. The molecule has 0 bridgehead atoms. The number of benzene rings is 4. The lowest BCUT2D eigenvalue weighted by Gasteiger charge is -2.14. The number of carbonyl (C=O) groups excluding carboxylic acids is 1. The molecule has 2 N–H and O–H groups in total. The molecule has 0 spiro atoms. The monoisotopic (exact) mass is 496 g/mol. The highest BCUT2D eigenvalue weighted by atomic mass is 16.5. The van der Waals surface area contributed by atoms with E-state index in [0.29, 0.717) is 31.3 Å². The second kappa shape index (κ2) is 14.2. The summed E-state index contributed by atoms with van der Waals surface area (Å²) in [7, 11) is 0. The molecule has 0 atom stereocenters. The van der Waals surface area contributed by atoms with Gasteiger partial charge in [0, 0.05) is 11.8 Å². The summed E-state index contributed by atoms with van der Waals surface area (Å²) in [4.78, 5) is 12.6. The van der Waals surface area contributed by atoms with Crippen LogP contribution in [0.3, 0.4) is 0 Å². The molecular formula is C31H32N2O4. The van der Waals surface area contributed by atoms with Crippen molar-refractivity contribution < 1.29 is 19.0 Å². The fourth-order valence-corrected chi connectivity index (χ4v) is 3.71. The van der Waals surface area contributed by atoms with Crippen LogP contribution in [-0.4, -0.2) is 32.3 Å². The highest BCUT2D eigenvalue weighted by molar-refractivity contribution is 5.95. The van der Waals surface area contributed by atoms with E-state index < -0.39 is 0 Å². The number of ether oxygens (including phenoxy) is 3. The van der Waals surface area contributed by atoms with E-state index in [-0.39, 0.29) is 12.5 Å². The Balaban J connectivity index is 1.19. The predicted octanol–water partition coefficient (Wildman–Crippen LogP) is 6.21. The lowest BCUT2D eigenvalue weighted by atomic mass is 10.1. The number of para-hydroxylation sites is 3. The quantitative estimate of drug-likeness (QED) is 0.203. The van der Waals surface area contributed by atoms with E-state index >= 15 is 0 Å². The maximum Gasteiger partial charge on any atom is 0.243 e. The molecule has 0 aliphatic heterocycles. The van der Waals surface area contributed by atoms with Gasteiger partial charge in [0.15, 0.2) is 0 Å². The van der Waals surface area contributed by atoms with Gasteiger partial charge in [-0.3, -0.25) is 4.79 Å². The SMILES string of the molecule is O=C(CNc1cccc(OCCCc2ccccc2)c1)Nc1ccccc1OCCOc1ccccc1. The summed E-state index contributed by atoms with van der Waals surface area (Å²) in [5, 5.41) is 6.07. The molecule has 0 aliphatic rings. The lowest BCUT2D eigenvalue weighted by Crippen LogP contribution is -2.22. The highest BCUT2D eigenvalue weighted by Crippen LogP contribution is 2.24. The first-order valence-corrected chi connectivity index (χ1v) is 12.5. The zero-order valence-electron chi connectivity index (χ0n) is 20.8. The molecule has 190 valence electrons. The topological polar surface area (TPSA) is 68.8 Å². The number of nitrogens with one attached hydrogen (secondary N) is 2. The molecule has 4 aromatic rings. The third-order valence-corrected chi connectivity index (χ3v) is 5.52. The van der Waals surface area contributed by atoms with Crippen LogP contribution in [0.4, 0.5) is 11.4 Å². The first-order valence-electron chi connectivity index (χ1n) is 12.5. The van der Waals surface area contributed by atoms with Crippen LogP contribution in [0, 0.1) is 0 Å². The van der Waals surface area contributed by atoms with Gasteiger partial charge in [-0.2, -0.15) is 0 Å². The fourth-order valence-electron chi connectivity index (χ4n) is 3.71. The maximum absolute atomic E-state index is 12.6. The largest absolute Gasteiger partial charge is 0.494 e. The first-order chi connectivity index (χ1) is 18.3. The smallest absolute Gasteiger partial charge is 0.243 e. The molecule has 0 saturated carbocycles. The Morgan fingerprint density at radius 3 is 2.16 bits per heavy atom. The molecule has 4 rings (SSSR count). The van der Waals surface area contributed by atoms with Gasteiger partial charge >= 0.3 is 0 Å². The zero-order valence-corrected chi connectivity index (χ0v) is 20.8. The number of hydrogen-bond donors (Lipinski definition) is 2. The molecule has 0 radical (unpaired) electrons. The van der Waals surface area contributed by atoms with E-state index in [2.05, 4.69) is 34.9 Å². The number of aryl methyl sites for hydroxylation is 1. The van der Waals surface area contributed by atoms with Crippen LogP contribution < -0.4 is 24.8 Å². The van der Waals surface area contributed by atoms with Crippen molar-refractivity contribution in [2.75, 3.05) is 37.0 Å². The molecule has 0 fully saturated rings. The Hall–Kier alpha value is -4.45. The third-order valence-electron chi connectivity index (χ3n) is 5.52. The number of anilines is 2. The van der Waals surface area contributed by atoms with Gasteiger partial charge in [0.1, 0.15) is 30.5 Å². The Labute approximate surface area is 218 Å². The number of carbonyl (C=O) groups is 1. The van der Waals surface area contributed by atoms with Crippen LogP contribution in [0.2, 0.25) is 0 Å². The summed E-state index contributed by atoms with van der Waals surface area (Å²) in [6, 6.07) is 35.0. The molecule has 0 saturated heterocycles. The van der Waals surface area contributed by atoms with Crippen LogP contribution in [0.25, 0.3) is 0 Å². The van der Waals surface area contributed by atoms with E-state index in [1.165, 1.54) is 5.56 Å². The predicted molar refractivity (Wildman–Crippen MR) is 148 cm³/mol. The van der Waals surface area contributed by atoms with Crippen molar-refractivity contribution in [3.05, 3.63) is 115 Å². The minimum absolute atomic E-state index is 0.114. The van der Waals surface area contributed by atoms with Gasteiger partial charge in [0.2, 0.25) is 5.91 Å². The standard InChI is InChI=1S/C31H32N2O4/c34-31(33-29-18-7-8-19-30(29)37-22-21-36-27-15-5-2-6-16-27)24-32-26-14-9-17-28(23-26)35-20-10-13-25-11-3-1-4-12-25/h1-9,11-12,14-19,23,32H,10,13,20-22,24H2,(H,33,34). The van der Waals surface area contributed by atoms with Crippen molar-refractivity contribution in [3.8, 4) is 17.2 Å². The van der Waals surface area contributed by atoms with Gasteiger partial charge in [-0.05, 0) is 54.8 Å². The van der Waals surface area contributed by atoms with Gasteiger partial charge < -0.3 is 24.8 Å². The van der Waals surface area contributed by atoms with Gasteiger partial charge in [-0.15, -0.1) is 0 Å². The summed E-state index contributed by atoms with van der Waals surface area (Å²) in [6.45, 7) is 1.51. The minimum Gasteiger partial charge on any atom is -0.494 e. The second-order valence-electron chi connectivity index (χ2n) is 8.37. The van der Waals surface area contributed by atoms with E-state index in [1.807, 2.05) is 84.9 Å². The van der Waals surface area contributed by atoms with Gasteiger partial charge in [0.05, 0.1) is 18.8 Å². The van der Waals surface area contributed by atoms with Gasteiger partial charge in [-0.1, -0.05) is 66.7 Å². The van der Waals surface area contributed by atoms with Crippen molar-refractivity contribution in [1.29, 1.82) is 0 Å². The van der Waals surface area contributed by atoms with E-state index in [4.69, 9.17) is 14.2 Å². The summed E-state index contributed by atoms with van der Waals surface area (Å²) in [5.74, 6) is 1.99. The van der Waals surface area contributed by atoms with Gasteiger partial charge in [0.25, 0.3) is 0 Å². The molecule has 1 amide bonds. The molecule has 6 heteroatoms. The molecular weight excluding hydrogens is 464 g/mol. The summed E-state index contributed by atoms with van der Waals surface area (Å²) < 4.78 is 17.4. The average molecular weight is 497 g/mol. The Morgan fingerprint density at radius 2 is 1.32 bits per heavy atom. The molecule has 37 heavy (non-hydrogen) atoms. The van der Waals surface area contributed by atoms with Crippen LogP contribution in [0.1, 0.15) is 12.0 Å². The van der Waals surface area contributed by atoms with Gasteiger partial charge in [-0.25, -0.2) is 0 Å². The van der Waals surface area contributed by atoms with Crippen LogP contribution >= 0.6 is 0 Å². The molecule has 0 aliphatic carbocycles. The van der Waals surface area contributed by atoms with Crippen molar-refractivity contribution in [2.45, 2.75) is 12.8 Å². The third kappa shape index (κ3) is 8.93. The minimum atomic E-state index is -0.175. The maximum atomic E-state index is 12.6. The Morgan fingerprint density at radius 1 is 0.649 bits per heavy atom. The molecule has 6 nitrogen and oxygen atoms in total. The molecule has 0 aromatic heterocycles. The second-order valence-corrected chi connectivity index (χ2v) is 8.37. The van der Waals surface area contributed by atoms with Crippen molar-refractivity contribution in [1.82, 2.24) is 0 Å².